The molecule has 4 aromatic rings. The van der Waals surface area contributed by atoms with E-state index in [9.17, 15) is 19.5 Å². The number of hydrogen-bond donors (Lipinski definition) is 3. The van der Waals surface area contributed by atoms with E-state index >= 15 is 0 Å². The van der Waals surface area contributed by atoms with Gasteiger partial charge < -0.3 is 15.4 Å². The quantitative estimate of drug-likeness (QED) is 0.451. The molecule has 0 fully saturated rings. The number of benzene rings is 2. The fourth-order valence-electron chi connectivity index (χ4n) is 3.22. The summed E-state index contributed by atoms with van der Waals surface area (Å²) in [6, 6.07) is 13.0. The van der Waals surface area contributed by atoms with Crippen molar-refractivity contribution in [1.82, 2.24) is 25.3 Å². The maximum atomic E-state index is 12.4. The molecule has 9 nitrogen and oxygen atoms in total. The molecule has 0 saturated heterocycles. The van der Waals surface area contributed by atoms with E-state index in [0.29, 0.717) is 10.9 Å². The highest BCUT2D eigenvalue weighted by atomic mass is 16.4. The van der Waals surface area contributed by atoms with Gasteiger partial charge in [0, 0.05) is 23.5 Å². The van der Waals surface area contributed by atoms with Gasteiger partial charge in [-0.3, -0.25) is 9.59 Å². The van der Waals surface area contributed by atoms with Crippen molar-refractivity contribution in [2.24, 2.45) is 0 Å². The zero-order valence-corrected chi connectivity index (χ0v) is 15.2. The lowest BCUT2D eigenvalue weighted by molar-refractivity contribution is -0.141. The van der Waals surface area contributed by atoms with Crippen molar-refractivity contribution >= 4 is 33.7 Å². The fourth-order valence-corrected chi connectivity index (χ4v) is 3.22. The van der Waals surface area contributed by atoms with Crippen molar-refractivity contribution in [3.05, 3.63) is 70.6 Å². The van der Waals surface area contributed by atoms with Crippen molar-refractivity contribution in [3.63, 3.8) is 0 Å². The minimum Gasteiger partial charge on any atom is -0.480 e. The van der Waals surface area contributed by atoms with Crippen LogP contribution in [0.4, 0.5) is 0 Å². The zero-order chi connectivity index (χ0) is 20.4. The van der Waals surface area contributed by atoms with Crippen LogP contribution in [0.25, 0.3) is 21.8 Å². The maximum absolute atomic E-state index is 12.4. The number of fused-ring (bicyclic) bond motifs is 2. The standard InChI is InChI=1S/C20H17N5O4/c26-18(11-25-19(27)14-6-2-4-8-16(14)23-24-25)22-17(20(28)29)9-12-10-21-15-7-3-1-5-13(12)15/h1-8,10,17,21H,9,11H2,(H,22,26)(H,28,29)/t17-/m1/s1. The summed E-state index contributed by atoms with van der Waals surface area (Å²) in [4.78, 5) is 39.6. The maximum Gasteiger partial charge on any atom is 0.326 e. The van der Waals surface area contributed by atoms with E-state index in [2.05, 4.69) is 20.6 Å². The van der Waals surface area contributed by atoms with Crippen LogP contribution in [0, 0.1) is 0 Å². The molecular formula is C20H17N5O4. The van der Waals surface area contributed by atoms with Crippen LogP contribution in [0.1, 0.15) is 5.56 Å². The van der Waals surface area contributed by atoms with Crippen molar-refractivity contribution in [1.29, 1.82) is 0 Å². The summed E-state index contributed by atoms with van der Waals surface area (Å²) in [6.07, 6.45) is 1.83. The Bertz CT molecular complexity index is 1280. The summed E-state index contributed by atoms with van der Waals surface area (Å²) < 4.78 is 0.919. The van der Waals surface area contributed by atoms with Gasteiger partial charge in [-0.1, -0.05) is 35.5 Å². The fraction of sp³-hybridized carbons (Fsp3) is 0.150. The van der Waals surface area contributed by atoms with Gasteiger partial charge in [-0.05, 0) is 23.8 Å². The van der Waals surface area contributed by atoms with Crippen molar-refractivity contribution < 1.29 is 14.7 Å². The molecule has 2 aromatic heterocycles. The number of aromatic amines is 1. The Morgan fingerprint density at radius 1 is 1.10 bits per heavy atom. The number of hydrogen-bond acceptors (Lipinski definition) is 5. The molecule has 29 heavy (non-hydrogen) atoms. The second-order valence-electron chi connectivity index (χ2n) is 6.59. The highest BCUT2D eigenvalue weighted by molar-refractivity contribution is 5.86. The van der Waals surface area contributed by atoms with Gasteiger partial charge in [0.25, 0.3) is 5.56 Å². The predicted molar refractivity (Wildman–Crippen MR) is 105 cm³/mol. The Labute approximate surface area is 164 Å². The van der Waals surface area contributed by atoms with Gasteiger partial charge in [0.15, 0.2) is 0 Å². The van der Waals surface area contributed by atoms with Gasteiger partial charge in [0.05, 0.1) is 5.39 Å². The molecule has 1 atom stereocenters. The van der Waals surface area contributed by atoms with Gasteiger partial charge in [0.2, 0.25) is 5.91 Å². The smallest absolute Gasteiger partial charge is 0.326 e. The van der Waals surface area contributed by atoms with Gasteiger partial charge in [-0.25, -0.2) is 9.48 Å². The SMILES string of the molecule is O=C(Cn1nnc2ccccc2c1=O)N[C@H](Cc1c[nH]c2ccccc12)C(=O)O. The summed E-state index contributed by atoms with van der Waals surface area (Å²) >= 11 is 0. The number of carboxylic acid groups (broad SMARTS) is 1. The number of nitrogens with one attached hydrogen (secondary N) is 2. The van der Waals surface area contributed by atoms with Crippen molar-refractivity contribution in [2.75, 3.05) is 0 Å². The molecule has 2 heterocycles. The lowest BCUT2D eigenvalue weighted by atomic mass is 10.1. The van der Waals surface area contributed by atoms with Crippen LogP contribution >= 0.6 is 0 Å². The monoisotopic (exact) mass is 391 g/mol. The number of H-pyrrole nitrogens is 1. The summed E-state index contributed by atoms with van der Waals surface area (Å²) in [5.41, 5.74) is 1.62. The summed E-state index contributed by atoms with van der Waals surface area (Å²) in [7, 11) is 0. The van der Waals surface area contributed by atoms with Crippen LogP contribution in [0.2, 0.25) is 0 Å². The third-order valence-electron chi connectivity index (χ3n) is 4.65. The minimum absolute atomic E-state index is 0.101. The highest BCUT2D eigenvalue weighted by Crippen LogP contribution is 2.19. The van der Waals surface area contributed by atoms with Crippen LogP contribution < -0.4 is 10.9 Å². The molecule has 0 aliphatic heterocycles. The first-order chi connectivity index (χ1) is 14.0. The first-order valence-corrected chi connectivity index (χ1v) is 8.92. The Morgan fingerprint density at radius 2 is 1.83 bits per heavy atom. The molecule has 0 unspecified atom stereocenters. The number of nitrogens with zero attached hydrogens (tertiary/aromatic N) is 3. The molecule has 9 heteroatoms. The zero-order valence-electron chi connectivity index (χ0n) is 15.2. The Kier molecular flexibility index (Phi) is 4.78. The molecule has 0 spiro atoms. The molecule has 0 saturated carbocycles. The molecule has 146 valence electrons. The van der Waals surface area contributed by atoms with E-state index in [-0.39, 0.29) is 6.42 Å². The number of carbonyl (C=O) groups excluding carboxylic acids is 1. The molecule has 2 aromatic carbocycles. The van der Waals surface area contributed by atoms with Gasteiger partial charge in [-0.2, -0.15) is 0 Å². The average molecular weight is 391 g/mol. The Hall–Kier alpha value is -4.01. The number of aliphatic carboxylic acids is 1. The summed E-state index contributed by atoms with van der Waals surface area (Å²) in [5.74, 6) is -1.80. The van der Waals surface area contributed by atoms with E-state index in [1.54, 1.807) is 30.5 Å². The number of rotatable bonds is 6. The number of amides is 1. The third kappa shape index (κ3) is 3.70. The van der Waals surface area contributed by atoms with Crippen molar-refractivity contribution in [3.8, 4) is 0 Å². The minimum atomic E-state index is -1.17. The van der Waals surface area contributed by atoms with E-state index < -0.39 is 30.0 Å². The van der Waals surface area contributed by atoms with Gasteiger partial charge >= 0.3 is 5.97 Å². The third-order valence-corrected chi connectivity index (χ3v) is 4.65. The highest BCUT2D eigenvalue weighted by Gasteiger charge is 2.22. The molecule has 0 bridgehead atoms. The number of para-hydroxylation sites is 1. The lowest BCUT2D eigenvalue weighted by Crippen LogP contribution is -2.45. The first-order valence-electron chi connectivity index (χ1n) is 8.92. The molecule has 4 rings (SSSR count). The normalized spacial score (nSPS) is 12.1. The molecular weight excluding hydrogens is 374 g/mol. The molecule has 0 aliphatic rings. The summed E-state index contributed by atoms with van der Waals surface area (Å²) in [6.45, 7) is -0.422. The molecule has 0 aliphatic carbocycles. The average Bonchev–Trinajstić information content (AvgIpc) is 3.13. The number of aromatic nitrogens is 4. The second-order valence-corrected chi connectivity index (χ2v) is 6.59. The van der Waals surface area contributed by atoms with Crippen LogP contribution in [0.3, 0.4) is 0 Å². The van der Waals surface area contributed by atoms with E-state index in [1.807, 2.05) is 24.3 Å². The molecule has 3 N–H and O–H groups in total. The van der Waals surface area contributed by atoms with Gasteiger partial charge in [0.1, 0.15) is 18.1 Å². The van der Waals surface area contributed by atoms with Crippen LogP contribution in [-0.4, -0.2) is 43.0 Å². The van der Waals surface area contributed by atoms with Crippen LogP contribution in [-0.2, 0) is 22.6 Å². The largest absolute Gasteiger partial charge is 0.480 e. The van der Waals surface area contributed by atoms with Crippen LogP contribution in [0.5, 0.6) is 0 Å². The first kappa shape index (κ1) is 18.4. The predicted octanol–water partition coefficient (Wildman–Crippen LogP) is 1.08. The van der Waals surface area contributed by atoms with E-state index in [0.717, 1.165) is 21.1 Å². The Balaban J connectivity index is 1.52. The van der Waals surface area contributed by atoms with Crippen molar-refractivity contribution in [2.45, 2.75) is 19.0 Å². The topological polar surface area (TPSA) is 130 Å². The molecule has 0 radical (unpaired) electrons. The van der Waals surface area contributed by atoms with Crippen LogP contribution in [0.15, 0.2) is 59.5 Å². The summed E-state index contributed by atoms with van der Waals surface area (Å²) in [5, 5.41) is 20.9. The lowest BCUT2D eigenvalue weighted by Gasteiger charge is -2.14. The second kappa shape index (κ2) is 7.55. The number of carboxylic acids is 1. The van der Waals surface area contributed by atoms with E-state index in [4.69, 9.17) is 0 Å². The molecule has 1 amide bonds. The number of carbonyl (C=O) groups is 2. The van der Waals surface area contributed by atoms with Gasteiger partial charge in [-0.15, -0.1) is 5.10 Å². The Morgan fingerprint density at radius 3 is 2.62 bits per heavy atom. The van der Waals surface area contributed by atoms with E-state index in [1.165, 1.54) is 0 Å².